The third-order valence-electron chi connectivity index (χ3n) is 4.14. The normalized spacial score (nSPS) is 10.5. The molecule has 1 amide bonds. The molecule has 1 aromatic heterocycles. The second kappa shape index (κ2) is 9.32. The zero-order chi connectivity index (χ0) is 19.9. The Kier molecular flexibility index (Phi) is 6.60. The molecule has 0 bridgehead atoms. The lowest BCUT2D eigenvalue weighted by atomic mass is 10.2. The van der Waals surface area contributed by atoms with Gasteiger partial charge in [-0.1, -0.05) is 36.0 Å². The number of ether oxygens (including phenoxy) is 3. The smallest absolute Gasteiger partial charge is 0.230 e. The van der Waals surface area contributed by atoms with E-state index in [2.05, 4.69) is 10.3 Å². The first kappa shape index (κ1) is 19.8. The molecule has 28 heavy (non-hydrogen) atoms. The number of amides is 1. The summed E-state index contributed by atoms with van der Waals surface area (Å²) in [6.45, 7) is 0.362. The highest BCUT2D eigenvalue weighted by molar-refractivity contribution is 7.99. The number of nitrogens with zero attached hydrogens (tertiary/aromatic N) is 1. The summed E-state index contributed by atoms with van der Waals surface area (Å²) in [7, 11) is 4.68. The first-order valence-electron chi connectivity index (χ1n) is 8.68. The zero-order valence-corrected chi connectivity index (χ0v) is 16.8. The largest absolute Gasteiger partial charge is 0.493 e. The Balaban J connectivity index is 1.59. The van der Waals surface area contributed by atoms with Crippen LogP contribution in [-0.4, -0.2) is 38.0 Å². The van der Waals surface area contributed by atoms with Crippen molar-refractivity contribution < 1.29 is 19.0 Å². The maximum absolute atomic E-state index is 12.2. The molecule has 0 aliphatic heterocycles. The van der Waals surface area contributed by atoms with Crippen LogP contribution in [0.2, 0.25) is 0 Å². The molecule has 0 saturated heterocycles. The standard InChI is InChI=1S/C21H22N2O4S/c1-25-17-10-14(11-18(26-2)21(17)27-3)12-22-19(24)13-28-20-9-8-15-6-4-5-7-16(15)23-20/h4-11H,12-13H2,1-3H3,(H,22,24). The van der Waals surface area contributed by atoms with Gasteiger partial charge in [0.1, 0.15) is 0 Å². The molecule has 1 heterocycles. The number of hydrogen-bond acceptors (Lipinski definition) is 6. The molecule has 0 saturated carbocycles. The van der Waals surface area contributed by atoms with Gasteiger partial charge in [0, 0.05) is 11.9 Å². The van der Waals surface area contributed by atoms with Gasteiger partial charge in [-0.2, -0.15) is 0 Å². The minimum atomic E-state index is -0.0753. The molecule has 0 unspecified atom stereocenters. The van der Waals surface area contributed by atoms with E-state index < -0.39 is 0 Å². The van der Waals surface area contributed by atoms with Gasteiger partial charge in [-0.25, -0.2) is 4.98 Å². The first-order chi connectivity index (χ1) is 13.6. The average molecular weight is 398 g/mol. The molecule has 0 aliphatic carbocycles. The van der Waals surface area contributed by atoms with Gasteiger partial charge in [-0.15, -0.1) is 0 Å². The summed E-state index contributed by atoms with van der Waals surface area (Å²) in [4.78, 5) is 16.8. The average Bonchev–Trinajstić information content (AvgIpc) is 2.75. The number of fused-ring (bicyclic) bond motifs is 1. The van der Waals surface area contributed by atoms with Crippen molar-refractivity contribution in [1.29, 1.82) is 0 Å². The van der Waals surface area contributed by atoms with E-state index in [-0.39, 0.29) is 11.7 Å². The molecule has 0 atom stereocenters. The second-order valence-corrected chi connectivity index (χ2v) is 6.94. The maximum Gasteiger partial charge on any atom is 0.230 e. The van der Waals surface area contributed by atoms with E-state index in [0.717, 1.165) is 21.5 Å². The van der Waals surface area contributed by atoms with Crippen LogP contribution >= 0.6 is 11.8 Å². The Morgan fingerprint density at radius 2 is 1.71 bits per heavy atom. The summed E-state index contributed by atoms with van der Waals surface area (Å²) in [5.41, 5.74) is 1.78. The third kappa shape index (κ3) is 4.67. The summed E-state index contributed by atoms with van der Waals surface area (Å²) in [5.74, 6) is 1.85. The fraction of sp³-hybridized carbons (Fsp3) is 0.238. The lowest BCUT2D eigenvalue weighted by Crippen LogP contribution is -2.24. The SMILES string of the molecule is COc1cc(CNC(=O)CSc2ccc3ccccc3n2)cc(OC)c1OC. The van der Waals surface area contributed by atoms with Crippen molar-refractivity contribution in [3.8, 4) is 17.2 Å². The van der Waals surface area contributed by atoms with Crippen LogP contribution in [0.1, 0.15) is 5.56 Å². The number of methoxy groups -OCH3 is 3. The predicted octanol–water partition coefficient (Wildman–Crippen LogP) is 3.67. The van der Waals surface area contributed by atoms with Crippen molar-refractivity contribution in [3.05, 3.63) is 54.1 Å². The molecule has 0 radical (unpaired) electrons. The van der Waals surface area contributed by atoms with Gasteiger partial charge in [0.15, 0.2) is 11.5 Å². The van der Waals surface area contributed by atoms with Crippen molar-refractivity contribution in [2.75, 3.05) is 27.1 Å². The molecular formula is C21H22N2O4S. The van der Waals surface area contributed by atoms with Crippen molar-refractivity contribution >= 4 is 28.6 Å². The van der Waals surface area contributed by atoms with Crippen LogP contribution in [0.25, 0.3) is 10.9 Å². The van der Waals surface area contributed by atoms with E-state index in [1.807, 2.05) is 48.5 Å². The number of rotatable bonds is 8. The highest BCUT2D eigenvalue weighted by Crippen LogP contribution is 2.38. The van der Waals surface area contributed by atoms with E-state index in [9.17, 15) is 4.79 Å². The summed E-state index contributed by atoms with van der Waals surface area (Å²) in [6, 6.07) is 15.5. The van der Waals surface area contributed by atoms with E-state index in [1.54, 1.807) is 21.3 Å². The fourth-order valence-corrected chi connectivity index (χ4v) is 3.46. The molecule has 0 spiro atoms. The maximum atomic E-state index is 12.2. The second-order valence-electron chi connectivity index (χ2n) is 5.94. The lowest BCUT2D eigenvalue weighted by Gasteiger charge is -2.14. The summed E-state index contributed by atoms with van der Waals surface area (Å²) >= 11 is 1.41. The van der Waals surface area contributed by atoms with Crippen molar-refractivity contribution in [2.24, 2.45) is 0 Å². The highest BCUT2D eigenvalue weighted by atomic mass is 32.2. The minimum Gasteiger partial charge on any atom is -0.493 e. The summed E-state index contributed by atoms with van der Waals surface area (Å²) in [6.07, 6.45) is 0. The number of carbonyl (C=O) groups excluding carboxylic acids is 1. The molecule has 146 valence electrons. The Bertz CT molecular complexity index is 953. The molecule has 0 aliphatic rings. The number of aromatic nitrogens is 1. The Hall–Kier alpha value is -2.93. The number of thioether (sulfide) groups is 1. The Morgan fingerprint density at radius 1 is 1.00 bits per heavy atom. The molecule has 3 aromatic rings. The number of para-hydroxylation sites is 1. The van der Waals surface area contributed by atoms with E-state index in [0.29, 0.717) is 23.8 Å². The number of hydrogen-bond donors (Lipinski definition) is 1. The zero-order valence-electron chi connectivity index (χ0n) is 16.0. The summed E-state index contributed by atoms with van der Waals surface area (Å²) < 4.78 is 16.0. The van der Waals surface area contributed by atoms with Crippen molar-refractivity contribution in [2.45, 2.75) is 11.6 Å². The number of benzene rings is 2. The monoisotopic (exact) mass is 398 g/mol. The van der Waals surface area contributed by atoms with Gasteiger partial charge >= 0.3 is 0 Å². The van der Waals surface area contributed by atoms with Crippen LogP contribution in [0.15, 0.2) is 53.6 Å². The van der Waals surface area contributed by atoms with Crippen LogP contribution in [-0.2, 0) is 11.3 Å². The molecular weight excluding hydrogens is 376 g/mol. The molecule has 6 nitrogen and oxygen atoms in total. The number of carbonyl (C=O) groups is 1. The van der Waals surface area contributed by atoms with Gasteiger partial charge in [-0.05, 0) is 29.8 Å². The van der Waals surface area contributed by atoms with Gasteiger partial charge < -0.3 is 19.5 Å². The lowest BCUT2D eigenvalue weighted by molar-refractivity contribution is -0.118. The van der Waals surface area contributed by atoms with Crippen LogP contribution in [0.5, 0.6) is 17.2 Å². The minimum absolute atomic E-state index is 0.0753. The number of pyridine rings is 1. The van der Waals surface area contributed by atoms with Crippen molar-refractivity contribution in [3.63, 3.8) is 0 Å². The third-order valence-corrected chi connectivity index (χ3v) is 5.07. The molecule has 3 rings (SSSR count). The first-order valence-corrected chi connectivity index (χ1v) is 9.67. The van der Waals surface area contributed by atoms with E-state index >= 15 is 0 Å². The van der Waals surface area contributed by atoms with Gasteiger partial charge in [-0.3, -0.25) is 4.79 Å². The van der Waals surface area contributed by atoms with E-state index in [4.69, 9.17) is 14.2 Å². The molecule has 1 N–H and O–H groups in total. The highest BCUT2D eigenvalue weighted by Gasteiger charge is 2.13. The molecule has 0 fully saturated rings. The van der Waals surface area contributed by atoms with Crippen LogP contribution < -0.4 is 19.5 Å². The van der Waals surface area contributed by atoms with Gasteiger partial charge in [0.2, 0.25) is 11.7 Å². The van der Waals surface area contributed by atoms with Crippen molar-refractivity contribution in [1.82, 2.24) is 10.3 Å². The Labute approximate surface area is 168 Å². The van der Waals surface area contributed by atoms with Crippen LogP contribution in [0.3, 0.4) is 0 Å². The van der Waals surface area contributed by atoms with Crippen LogP contribution in [0.4, 0.5) is 0 Å². The predicted molar refractivity (Wildman–Crippen MR) is 110 cm³/mol. The van der Waals surface area contributed by atoms with Crippen LogP contribution in [0, 0.1) is 0 Å². The van der Waals surface area contributed by atoms with E-state index in [1.165, 1.54) is 11.8 Å². The summed E-state index contributed by atoms with van der Waals surface area (Å²) in [5, 5.41) is 4.81. The quantitative estimate of drug-likeness (QED) is 0.584. The topological polar surface area (TPSA) is 69.7 Å². The van der Waals surface area contributed by atoms with Gasteiger partial charge in [0.25, 0.3) is 0 Å². The Morgan fingerprint density at radius 3 is 2.39 bits per heavy atom. The fourth-order valence-electron chi connectivity index (χ4n) is 2.76. The van der Waals surface area contributed by atoms with Gasteiger partial charge in [0.05, 0.1) is 37.6 Å². The number of nitrogens with one attached hydrogen (secondary N) is 1. The molecule has 2 aromatic carbocycles. The molecule has 7 heteroatoms.